The van der Waals surface area contributed by atoms with Gasteiger partial charge in [-0.2, -0.15) is 4.31 Å². The van der Waals surface area contributed by atoms with E-state index in [0.29, 0.717) is 29.3 Å². The molecule has 1 amide bonds. The lowest BCUT2D eigenvalue weighted by molar-refractivity contribution is 0.102. The minimum absolute atomic E-state index is 0.107. The Bertz CT molecular complexity index is 1390. The topological polar surface area (TPSA) is 95.2 Å². The fourth-order valence-corrected chi connectivity index (χ4v) is 5.81. The highest BCUT2D eigenvalue weighted by atomic mass is 32.2. The van der Waals surface area contributed by atoms with Gasteiger partial charge in [0.25, 0.3) is 5.91 Å². The number of hydrogen-bond acceptors (Lipinski definition) is 5. The first-order chi connectivity index (χ1) is 15.3. The summed E-state index contributed by atoms with van der Waals surface area (Å²) in [6.07, 6.45) is 1.90. The van der Waals surface area contributed by atoms with Crippen LogP contribution >= 0.6 is 11.3 Å². The van der Waals surface area contributed by atoms with Crippen molar-refractivity contribution in [1.82, 2.24) is 14.3 Å². The lowest BCUT2D eigenvalue weighted by Crippen LogP contribution is -2.30. The van der Waals surface area contributed by atoms with Gasteiger partial charge in [-0.25, -0.2) is 13.4 Å². The molecule has 0 aliphatic rings. The number of hydrogen-bond donors (Lipinski definition) is 2. The Morgan fingerprint density at radius 3 is 2.66 bits per heavy atom. The molecule has 2 aromatic heterocycles. The van der Waals surface area contributed by atoms with E-state index in [2.05, 4.69) is 15.3 Å². The van der Waals surface area contributed by atoms with Crippen LogP contribution in [0.5, 0.6) is 0 Å². The molecule has 2 aromatic carbocycles. The summed E-state index contributed by atoms with van der Waals surface area (Å²) in [4.78, 5) is 20.9. The Balaban J connectivity index is 1.60. The van der Waals surface area contributed by atoms with Crippen LogP contribution in [0, 0.1) is 6.92 Å². The number of thiazole rings is 1. The summed E-state index contributed by atoms with van der Waals surface area (Å²) in [5.74, 6) is -0.390. The normalized spacial score (nSPS) is 11.9. The first-order valence-electron chi connectivity index (χ1n) is 10.3. The van der Waals surface area contributed by atoms with Crippen molar-refractivity contribution in [3.8, 4) is 11.3 Å². The molecule has 7 nitrogen and oxygen atoms in total. The summed E-state index contributed by atoms with van der Waals surface area (Å²) in [7, 11) is -3.66. The highest BCUT2D eigenvalue weighted by Gasteiger charge is 2.24. The summed E-state index contributed by atoms with van der Waals surface area (Å²) in [5, 5.41) is 6.21. The zero-order chi connectivity index (χ0) is 22.9. The van der Waals surface area contributed by atoms with Crippen LogP contribution in [0.2, 0.25) is 0 Å². The quantitative estimate of drug-likeness (QED) is 0.404. The maximum Gasteiger partial charge on any atom is 0.257 e. The lowest BCUT2D eigenvalue weighted by Gasteiger charge is -2.19. The molecule has 0 saturated heterocycles. The van der Waals surface area contributed by atoms with Gasteiger partial charge in [-0.15, -0.1) is 11.3 Å². The zero-order valence-electron chi connectivity index (χ0n) is 18.0. The predicted molar refractivity (Wildman–Crippen MR) is 129 cm³/mol. The maximum atomic E-state index is 13.0. The number of H-pyrrole nitrogens is 1. The number of sulfonamides is 1. The van der Waals surface area contributed by atoms with E-state index in [1.54, 1.807) is 26.8 Å². The van der Waals surface area contributed by atoms with E-state index in [1.807, 2.05) is 35.8 Å². The molecular formula is C23H24N4O3S2. The van der Waals surface area contributed by atoms with Crippen molar-refractivity contribution >= 4 is 43.3 Å². The molecule has 32 heavy (non-hydrogen) atoms. The van der Waals surface area contributed by atoms with Crippen LogP contribution in [0.4, 0.5) is 5.13 Å². The zero-order valence-corrected chi connectivity index (χ0v) is 19.7. The molecule has 166 valence electrons. The molecule has 0 fully saturated rings. The summed E-state index contributed by atoms with van der Waals surface area (Å²) < 4.78 is 27.1. The van der Waals surface area contributed by atoms with Crippen LogP contribution < -0.4 is 5.32 Å². The molecule has 0 aliphatic carbocycles. The van der Waals surface area contributed by atoms with Gasteiger partial charge in [-0.1, -0.05) is 38.1 Å². The minimum atomic E-state index is -3.66. The molecule has 9 heteroatoms. The van der Waals surface area contributed by atoms with E-state index in [9.17, 15) is 13.2 Å². The van der Waals surface area contributed by atoms with Crippen molar-refractivity contribution in [2.24, 2.45) is 0 Å². The van der Waals surface area contributed by atoms with Crippen molar-refractivity contribution in [2.75, 3.05) is 18.4 Å². The third-order valence-corrected chi connectivity index (χ3v) is 8.19. The number of carbonyl (C=O) groups excluding carboxylic acids is 1. The number of fused-ring (bicyclic) bond motifs is 1. The molecule has 0 saturated carbocycles. The summed E-state index contributed by atoms with van der Waals surface area (Å²) >= 11 is 1.32. The highest BCUT2D eigenvalue weighted by Crippen LogP contribution is 2.31. The number of aromatic nitrogens is 2. The van der Waals surface area contributed by atoms with Gasteiger partial charge in [0.1, 0.15) is 0 Å². The van der Waals surface area contributed by atoms with Crippen molar-refractivity contribution < 1.29 is 13.2 Å². The molecule has 0 bridgehead atoms. The van der Waals surface area contributed by atoms with Gasteiger partial charge in [0.15, 0.2) is 5.13 Å². The largest absolute Gasteiger partial charge is 0.360 e. The van der Waals surface area contributed by atoms with Crippen LogP contribution in [0.15, 0.2) is 58.9 Å². The third kappa shape index (κ3) is 4.06. The monoisotopic (exact) mass is 468 g/mol. The number of rotatable bonds is 7. The fraction of sp³-hybridized carbons (Fsp3) is 0.217. The lowest BCUT2D eigenvalue weighted by atomic mass is 10.1. The van der Waals surface area contributed by atoms with Crippen LogP contribution in [0.3, 0.4) is 0 Å². The molecule has 0 unspecified atom stereocenters. The molecule has 2 N–H and O–H groups in total. The standard InChI is InChI=1S/C23H24N4O3S2/c1-4-27(5-2)32(29,30)16-11-10-15(3)18(12-16)22(28)26-23-25-21(14-31-23)19-13-24-20-9-7-6-8-17(19)20/h6-14,24H,4-5H2,1-3H3,(H,25,26,28). The summed E-state index contributed by atoms with van der Waals surface area (Å²) in [6.45, 7) is 6.09. The second-order valence-corrected chi connectivity index (χ2v) is 10.1. The van der Waals surface area contributed by atoms with Gasteiger partial charge in [0, 0.05) is 46.7 Å². The second kappa shape index (κ2) is 8.85. The molecule has 4 rings (SSSR count). The summed E-state index contributed by atoms with van der Waals surface area (Å²) in [5.41, 5.74) is 3.73. The molecule has 2 heterocycles. The van der Waals surface area contributed by atoms with Crippen LogP contribution in [0.1, 0.15) is 29.8 Å². The average Bonchev–Trinajstić information content (AvgIpc) is 3.41. The number of nitrogens with zero attached hydrogens (tertiary/aromatic N) is 2. The van der Waals surface area contributed by atoms with Crippen LogP contribution in [-0.2, 0) is 10.0 Å². The molecule has 4 aromatic rings. The summed E-state index contributed by atoms with van der Waals surface area (Å²) in [6, 6.07) is 12.6. The Labute approximate surface area is 191 Å². The van der Waals surface area contributed by atoms with Crippen LogP contribution in [-0.4, -0.2) is 41.7 Å². The Morgan fingerprint density at radius 1 is 1.16 bits per heavy atom. The van der Waals surface area contributed by atoms with Crippen molar-refractivity contribution in [2.45, 2.75) is 25.7 Å². The maximum absolute atomic E-state index is 13.0. The Hall–Kier alpha value is -3.01. The van der Waals surface area contributed by atoms with Gasteiger partial charge in [0.05, 0.1) is 10.6 Å². The average molecular weight is 469 g/mol. The molecule has 0 atom stereocenters. The highest BCUT2D eigenvalue weighted by molar-refractivity contribution is 7.89. The molecule has 0 radical (unpaired) electrons. The van der Waals surface area contributed by atoms with E-state index < -0.39 is 10.0 Å². The second-order valence-electron chi connectivity index (χ2n) is 7.31. The third-order valence-electron chi connectivity index (χ3n) is 5.39. The molecular weight excluding hydrogens is 444 g/mol. The Morgan fingerprint density at radius 2 is 1.91 bits per heavy atom. The first-order valence-corrected chi connectivity index (χ1v) is 12.6. The number of aromatic amines is 1. The van der Waals surface area contributed by atoms with Gasteiger partial charge in [0.2, 0.25) is 10.0 Å². The number of amides is 1. The Kier molecular flexibility index (Phi) is 6.14. The number of anilines is 1. The van der Waals surface area contributed by atoms with Crippen LogP contribution in [0.25, 0.3) is 22.2 Å². The number of nitrogens with one attached hydrogen (secondary N) is 2. The number of para-hydroxylation sites is 1. The van der Waals surface area contributed by atoms with Gasteiger partial charge in [-0.05, 0) is 30.7 Å². The fourth-order valence-electron chi connectivity index (χ4n) is 3.62. The van der Waals surface area contributed by atoms with Crippen molar-refractivity contribution in [3.05, 3.63) is 65.2 Å². The van der Waals surface area contributed by atoms with Crippen molar-refractivity contribution in [1.29, 1.82) is 0 Å². The molecule has 0 aliphatic heterocycles. The smallest absolute Gasteiger partial charge is 0.257 e. The minimum Gasteiger partial charge on any atom is -0.360 e. The SMILES string of the molecule is CCN(CC)S(=O)(=O)c1ccc(C)c(C(=O)Nc2nc(-c3c[nH]c4ccccc34)cs2)c1. The predicted octanol–water partition coefficient (Wildman–Crippen LogP) is 4.88. The molecule has 0 spiro atoms. The number of carbonyl (C=O) groups is 1. The van der Waals surface area contributed by atoms with E-state index >= 15 is 0 Å². The first kappa shape index (κ1) is 22.2. The van der Waals surface area contributed by atoms with E-state index in [0.717, 1.165) is 22.2 Å². The van der Waals surface area contributed by atoms with Gasteiger partial charge < -0.3 is 4.98 Å². The van der Waals surface area contributed by atoms with E-state index in [1.165, 1.54) is 27.8 Å². The van der Waals surface area contributed by atoms with Gasteiger partial charge in [-0.3, -0.25) is 10.1 Å². The van der Waals surface area contributed by atoms with E-state index in [-0.39, 0.29) is 10.8 Å². The number of aryl methyl sites for hydroxylation is 1. The van der Waals surface area contributed by atoms with E-state index in [4.69, 9.17) is 0 Å². The van der Waals surface area contributed by atoms with Crippen molar-refractivity contribution in [3.63, 3.8) is 0 Å². The number of benzene rings is 2. The van der Waals surface area contributed by atoms with Gasteiger partial charge >= 0.3 is 0 Å².